The Morgan fingerprint density at radius 2 is 0.643 bits per heavy atom. The van der Waals surface area contributed by atoms with Crippen molar-refractivity contribution in [2.24, 2.45) is 0 Å². The molecule has 0 unspecified atom stereocenters. The molecular weight excluding hydrogens is 1210 g/mol. The van der Waals surface area contributed by atoms with Gasteiger partial charge in [-0.25, -0.2) is 15.0 Å². The normalized spacial score (nSPS) is 12.4. The Labute approximate surface area is 565 Å². The molecular formula is C88H56BF3N6. The van der Waals surface area contributed by atoms with Gasteiger partial charge in [0.05, 0.1) is 22.3 Å². The van der Waals surface area contributed by atoms with Crippen LogP contribution in [0.3, 0.4) is 0 Å². The van der Waals surface area contributed by atoms with E-state index in [0.717, 1.165) is 106 Å². The number of nitrogens with zero attached hydrogens (tertiary/aromatic N) is 6. The first-order chi connectivity index (χ1) is 48.2. The van der Waals surface area contributed by atoms with Crippen molar-refractivity contribution in [2.75, 3.05) is 9.80 Å². The van der Waals surface area contributed by atoms with Crippen LogP contribution in [-0.2, 0) is 6.18 Å². The number of hydrogen-bond donors (Lipinski definition) is 0. The molecule has 0 aliphatic carbocycles. The monoisotopic (exact) mass is 1260 g/mol. The van der Waals surface area contributed by atoms with E-state index >= 15 is 13.2 Å². The second-order valence-corrected chi connectivity index (χ2v) is 25.0. The minimum Gasteiger partial charge on any atom is -0.311 e. The van der Waals surface area contributed by atoms with E-state index in [1.54, 1.807) is 16.7 Å². The van der Waals surface area contributed by atoms with Gasteiger partial charge >= 0.3 is 6.18 Å². The highest BCUT2D eigenvalue weighted by Gasteiger charge is 2.45. The van der Waals surface area contributed by atoms with Gasteiger partial charge in [-0.15, -0.1) is 0 Å². The van der Waals surface area contributed by atoms with Crippen LogP contribution in [0.1, 0.15) is 5.56 Å². The van der Waals surface area contributed by atoms with Gasteiger partial charge in [0.15, 0.2) is 17.5 Å². The maximum atomic E-state index is 16.6. The van der Waals surface area contributed by atoms with Gasteiger partial charge in [-0.1, -0.05) is 267 Å². The Morgan fingerprint density at radius 1 is 0.265 bits per heavy atom. The zero-order chi connectivity index (χ0) is 65.4. The first-order valence-electron chi connectivity index (χ1n) is 32.8. The van der Waals surface area contributed by atoms with Crippen LogP contribution in [0.5, 0.6) is 0 Å². The number of benzene rings is 14. The van der Waals surface area contributed by atoms with Crippen LogP contribution < -0.4 is 26.2 Å². The Hall–Kier alpha value is -12.7. The Morgan fingerprint density at radius 3 is 1.11 bits per heavy atom. The molecule has 462 valence electrons. The van der Waals surface area contributed by atoms with Crippen LogP contribution in [0.25, 0.3) is 117 Å². The van der Waals surface area contributed by atoms with Gasteiger partial charge in [-0.3, -0.25) is 0 Å². The topological polar surface area (TPSA) is 50.1 Å². The van der Waals surface area contributed by atoms with E-state index in [0.29, 0.717) is 22.2 Å². The number of hydrogen-bond acceptors (Lipinski definition) is 5. The highest BCUT2D eigenvalue weighted by atomic mass is 19.4. The molecule has 16 aromatic rings. The fourth-order valence-corrected chi connectivity index (χ4v) is 14.8. The maximum absolute atomic E-state index is 16.6. The second-order valence-electron chi connectivity index (χ2n) is 25.0. The van der Waals surface area contributed by atoms with E-state index in [-0.39, 0.29) is 35.4 Å². The molecule has 2 aliphatic rings. The van der Waals surface area contributed by atoms with Crippen molar-refractivity contribution in [3.05, 3.63) is 345 Å². The van der Waals surface area contributed by atoms with Gasteiger partial charge in [0, 0.05) is 61.6 Å². The van der Waals surface area contributed by atoms with Crippen LogP contribution in [-0.4, -0.2) is 26.2 Å². The van der Waals surface area contributed by atoms with Crippen molar-refractivity contribution in [2.45, 2.75) is 6.18 Å². The number of alkyl halides is 3. The largest absolute Gasteiger partial charge is 0.419 e. The van der Waals surface area contributed by atoms with Gasteiger partial charge < -0.3 is 14.4 Å². The summed E-state index contributed by atoms with van der Waals surface area (Å²) in [5, 5.41) is 1.59. The van der Waals surface area contributed by atoms with Gasteiger partial charge in [0.1, 0.15) is 0 Å². The molecule has 0 spiro atoms. The lowest BCUT2D eigenvalue weighted by Gasteiger charge is -2.44. The Kier molecular flexibility index (Phi) is 14.0. The Balaban J connectivity index is 0.875. The molecule has 0 amide bonds. The summed E-state index contributed by atoms with van der Waals surface area (Å²) in [5.74, 6) is 0.440. The lowest BCUT2D eigenvalue weighted by Crippen LogP contribution is -2.61. The second kappa shape index (κ2) is 23.7. The number of aromatic nitrogens is 4. The van der Waals surface area contributed by atoms with Crippen LogP contribution in [0.4, 0.5) is 47.3 Å². The van der Waals surface area contributed by atoms with Crippen molar-refractivity contribution in [1.29, 1.82) is 0 Å². The van der Waals surface area contributed by atoms with E-state index in [9.17, 15) is 0 Å². The zero-order valence-corrected chi connectivity index (χ0v) is 52.7. The molecule has 0 N–H and O–H groups in total. The first-order valence-corrected chi connectivity index (χ1v) is 32.8. The third-order valence-electron chi connectivity index (χ3n) is 19.3. The summed E-state index contributed by atoms with van der Waals surface area (Å²) in [6.45, 7) is -0.238. The molecule has 0 radical (unpaired) electrons. The quantitative estimate of drug-likeness (QED) is 0.121. The molecule has 0 saturated carbocycles. The number of fused-ring (bicyclic) bond motifs is 7. The Bertz CT molecular complexity index is 5460. The lowest BCUT2D eigenvalue weighted by molar-refractivity contribution is -0.137. The molecule has 10 heteroatoms. The van der Waals surface area contributed by atoms with E-state index in [1.165, 1.54) is 17.0 Å². The van der Waals surface area contributed by atoms with Crippen LogP contribution >= 0.6 is 0 Å². The summed E-state index contributed by atoms with van der Waals surface area (Å²) in [5.41, 5.74) is 21.8. The summed E-state index contributed by atoms with van der Waals surface area (Å²) >= 11 is 0. The summed E-state index contributed by atoms with van der Waals surface area (Å²) in [4.78, 5) is 19.3. The lowest BCUT2D eigenvalue weighted by atomic mass is 9.33. The minimum absolute atomic E-state index is 0.0489. The van der Waals surface area contributed by atoms with Gasteiger partial charge in [0.25, 0.3) is 6.71 Å². The summed E-state index contributed by atoms with van der Waals surface area (Å²) in [7, 11) is 0. The number of anilines is 6. The molecule has 4 heterocycles. The van der Waals surface area contributed by atoms with Crippen molar-refractivity contribution in [1.82, 2.24) is 19.5 Å². The van der Waals surface area contributed by atoms with Crippen LogP contribution in [0.15, 0.2) is 340 Å². The molecule has 98 heavy (non-hydrogen) atoms. The highest BCUT2D eigenvalue weighted by molar-refractivity contribution is 7.00. The minimum atomic E-state index is -4.86. The summed E-state index contributed by atoms with van der Waals surface area (Å²) in [6, 6.07) is 116. The van der Waals surface area contributed by atoms with Crippen molar-refractivity contribution in [3.8, 4) is 95.5 Å². The molecule has 2 aliphatic heterocycles. The average Bonchev–Trinajstić information content (AvgIpc) is 0.746. The average molecular weight is 1270 g/mol. The van der Waals surface area contributed by atoms with E-state index < -0.39 is 11.7 Å². The molecule has 2 aromatic heterocycles. The molecule has 0 atom stereocenters. The number of halogens is 3. The predicted octanol–water partition coefficient (Wildman–Crippen LogP) is 21.4. The molecule has 0 fully saturated rings. The highest BCUT2D eigenvalue weighted by Crippen LogP contribution is 2.50. The van der Waals surface area contributed by atoms with Gasteiger partial charge in [0.2, 0.25) is 0 Å². The van der Waals surface area contributed by atoms with Crippen LogP contribution in [0, 0.1) is 0 Å². The smallest absolute Gasteiger partial charge is 0.311 e. The fraction of sp³-hybridized carbons (Fsp3) is 0.0114. The third-order valence-corrected chi connectivity index (χ3v) is 19.3. The van der Waals surface area contributed by atoms with E-state index in [4.69, 9.17) is 15.0 Å². The fourth-order valence-electron chi connectivity index (χ4n) is 14.8. The standard InChI is InChI=1S/C88H56BF3N6/c90-88(91,92)83-72(87-94-85(63-30-15-5-16-31-63)93-86(95-87)64-32-17-6-18-33-64)35-21-37-80(83)98-76-36-20-19-34-71(76)73-52-65(42-49-77(73)98)68-55-81-84-82(56-68)97(70-47-40-62(41-48-70)58-24-9-2-10-25-58)79-51-44-67(60-28-13-4-14-29-60)54-75(79)89(84)74-53-66(59-26-11-3-12-27-59)43-50-78(74)96(81)69-45-38-61(39-46-69)57-22-7-1-8-23-57/h1-56H. The molecule has 6 nitrogen and oxygen atoms in total. The van der Waals surface area contributed by atoms with Crippen molar-refractivity contribution in [3.63, 3.8) is 0 Å². The van der Waals surface area contributed by atoms with E-state index in [2.05, 4.69) is 228 Å². The van der Waals surface area contributed by atoms with Gasteiger partial charge in [-0.2, -0.15) is 13.2 Å². The SMILES string of the molecule is FC(F)(F)c1c(-c2nc(-c3ccccc3)nc(-c3ccccc3)n2)cccc1-n1c2ccccc2c2cc(-c3cc4c5c(c3)N(c3ccc(-c6ccccc6)cc3)c3ccc(-c6ccccc6)cc3B5c3cc(-c5ccccc5)ccc3N4c3ccc(-c4ccccc4)cc3)ccc21. The number of para-hydroxylation sites is 1. The molecule has 18 rings (SSSR count). The molecule has 0 bridgehead atoms. The number of rotatable bonds is 11. The molecule has 0 saturated heterocycles. The molecule has 14 aromatic carbocycles. The van der Waals surface area contributed by atoms with Crippen molar-refractivity contribution >= 4 is 79.0 Å². The van der Waals surface area contributed by atoms with E-state index in [1.807, 2.05) is 103 Å². The van der Waals surface area contributed by atoms with Crippen molar-refractivity contribution < 1.29 is 13.2 Å². The predicted molar refractivity (Wildman–Crippen MR) is 397 cm³/mol. The van der Waals surface area contributed by atoms with Crippen LogP contribution in [0.2, 0.25) is 0 Å². The van der Waals surface area contributed by atoms with Gasteiger partial charge in [-0.05, 0) is 145 Å². The third kappa shape index (κ3) is 10.0. The first kappa shape index (κ1) is 58.0. The summed E-state index contributed by atoms with van der Waals surface area (Å²) in [6.07, 6.45) is -4.86. The zero-order valence-electron chi connectivity index (χ0n) is 52.7. The summed E-state index contributed by atoms with van der Waals surface area (Å²) < 4.78 is 51.4. The maximum Gasteiger partial charge on any atom is 0.419 e.